The number of amides is 5. The first-order valence-electron chi connectivity index (χ1n) is 42.4. The number of anilines is 4. The van der Waals surface area contributed by atoms with Crippen LogP contribution in [0.1, 0.15) is 126 Å². The van der Waals surface area contributed by atoms with Crippen LogP contribution in [0.15, 0.2) is 143 Å². The van der Waals surface area contributed by atoms with E-state index in [1.165, 1.54) is 45.8 Å². The molecule has 2 aliphatic carbocycles. The number of unbranched alkanes of at least 4 members (excludes halogenated alkanes) is 2. The molecule has 0 radical (unpaired) electrons. The molecule has 2 saturated carbocycles. The number of ether oxygens (including phenoxy) is 5. The van der Waals surface area contributed by atoms with Gasteiger partial charge in [0, 0.05) is 115 Å². The van der Waals surface area contributed by atoms with Crippen LogP contribution in [0.3, 0.4) is 0 Å². The summed E-state index contributed by atoms with van der Waals surface area (Å²) in [6.07, 6.45) is 6.09. The lowest BCUT2D eigenvalue weighted by molar-refractivity contribution is -0.138. The number of pyridine rings is 2. The summed E-state index contributed by atoms with van der Waals surface area (Å²) in [4.78, 5) is 116. The first-order valence-corrected chi connectivity index (χ1v) is 47.1. The highest BCUT2D eigenvalue weighted by Crippen LogP contribution is 2.47. The normalized spacial score (nSPS) is 19.5. The largest absolute Gasteiger partial charge is 0.497 e. The van der Waals surface area contributed by atoms with E-state index in [2.05, 4.69) is 69.6 Å². The smallest absolute Gasteiger partial charge is 0.411 e. The Labute approximate surface area is 748 Å². The number of nitrogens with zero attached hydrogens (tertiary/aromatic N) is 7. The number of likely N-dealkylation sites (tertiary alicyclic amines) is 1. The predicted octanol–water partition coefficient (Wildman–Crippen LogP) is 11.3. The van der Waals surface area contributed by atoms with Crippen LogP contribution >= 0.6 is 22.7 Å². The Kier molecular flexibility index (Phi) is 32.3. The Bertz CT molecular complexity index is 5530. The Morgan fingerprint density at radius 2 is 1.03 bits per heavy atom. The number of methoxy groups -OCH3 is 2. The summed E-state index contributed by atoms with van der Waals surface area (Å²) >= 11 is 2.93. The quantitative estimate of drug-likeness (QED) is 0.0125. The topological polar surface area (TPSA) is 444 Å². The first kappa shape index (κ1) is 96.3. The molecule has 4 fully saturated rings. The second-order valence-electron chi connectivity index (χ2n) is 33.8. The average molecular weight is 1830 g/mol. The molecule has 127 heavy (non-hydrogen) atoms. The number of carboxylic acids is 2. The number of aromatic nitrogens is 4. The van der Waals surface area contributed by atoms with Crippen LogP contribution < -0.4 is 65.6 Å². The van der Waals surface area contributed by atoms with Gasteiger partial charge in [0.05, 0.1) is 60.6 Å². The molecule has 2 aliphatic heterocycles. The van der Waals surface area contributed by atoms with Crippen molar-refractivity contribution in [3.63, 3.8) is 0 Å². The van der Waals surface area contributed by atoms with Crippen molar-refractivity contribution in [3.05, 3.63) is 133 Å². The number of carbonyl (C=O) groups is 7. The van der Waals surface area contributed by atoms with Crippen molar-refractivity contribution in [1.29, 1.82) is 0 Å². The van der Waals surface area contributed by atoms with Crippen LogP contribution in [-0.2, 0) is 53.6 Å². The van der Waals surface area contributed by atoms with Gasteiger partial charge in [0.15, 0.2) is 10.3 Å². The number of para-hydroxylation sites is 2. The van der Waals surface area contributed by atoms with Crippen LogP contribution in [0.2, 0.25) is 0 Å². The minimum absolute atomic E-state index is 0.00828. The van der Waals surface area contributed by atoms with E-state index in [0.29, 0.717) is 126 Å². The fraction of sp³-hybridized carbons (Fsp3) is 0.472. The maximum absolute atomic E-state index is 14.5. The number of benzene rings is 4. The van der Waals surface area contributed by atoms with E-state index in [1.54, 1.807) is 95.7 Å². The van der Waals surface area contributed by atoms with E-state index in [0.717, 1.165) is 48.0 Å². The van der Waals surface area contributed by atoms with Gasteiger partial charge in [-0.3, -0.25) is 33.7 Å². The summed E-state index contributed by atoms with van der Waals surface area (Å²) in [5.41, 5.74) is 0.275. The Hall–Kier alpha value is -11.3. The molecule has 8 aromatic rings. The van der Waals surface area contributed by atoms with Gasteiger partial charge in [-0.05, 0) is 189 Å². The lowest BCUT2D eigenvalue weighted by Gasteiger charge is -2.29. The van der Waals surface area contributed by atoms with Gasteiger partial charge in [0.25, 0.3) is 31.9 Å². The van der Waals surface area contributed by atoms with Gasteiger partial charge in [-0.1, -0.05) is 36.4 Å². The molecule has 0 spiro atoms. The van der Waals surface area contributed by atoms with Crippen LogP contribution in [-0.4, -0.2) is 237 Å². The zero-order valence-corrected chi connectivity index (χ0v) is 76.7. The van der Waals surface area contributed by atoms with Crippen molar-refractivity contribution in [2.24, 2.45) is 11.8 Å². The molecule has 8 atom stereocenters. The Balaban J connectivity index is 0.000000248. The molecule has 0 bridgehead atoms. The van der Waals surface area contributed by atoms with E-state index in [9.17, 15) is 50.4 Å². The number of nitrogens with one attached hydrogen (secondary N) is 9. The van der Waals surface area contributed by atoms with Crippen molar-refractivity contribution in [1.82, 2.24) is 60.0 Å². The number of thiazole rings is 2. The third-order valence-corrected chi connectivity index (χ3v) is 26.2. The Morgan fingerprint density at radius 3 is 1.46 bits per heavy atom. The molecule has 11 N–H and O–H groups in total. The van der Waals surface area contributed by atoms with E-state index >= 15 is 0 Å². The number of aliphatic carboxylic acids is 2. The van der Waals surface area contributed by atoms with E-state index in [-0.39, 0.29) is 66.9 Å². The molecule has 0 unspecified atom stereocenters. The number of hydrogen-bond acceptors (Lipinski definition) is 29. The lowest BCUT2D eigenvalue weighted by Crippen LogP contribution is -2.56. The minimum Gasteiger partial charge on any atom is -0.497 e. The lowest BCUT2D eigenvalue weighted by atomic mass is 10.1. The SMILES string of the molecule is C=C[C@@H]1C[C@]1(NC(=O)[C@@H]1C[C@@H](Oc2cc(-c3csc(NC(C)C)n3)nc3cc(OC)ccc23)CN1)C(=O)NS(=O)(=O)c1ccccc1NCCCCN(C)CCCC(=O)O.C=C[C@@H]1C[C@]1(NC(=O)[C@@H]1C[C@@H](Oc2cc(-c3csc(NC(C)C)n3)nc3cc(OC)ccc23)CN1C(=O)OC(C)(C)C)C(=O)NS(=O)(=O)c1ccccc1NCCCCN(C)CCCC(=O)O. The second-order valence-corrected chi connectivity index (χ2v) is 38.8. The highest BCUT2D eigenvalue weighted by molar-refractivity contribution is 7.90. The first-order chi connectivity index (χ1) is 60.4. The van der Waals surface area contributed by atoms with E-state index < -0.39 is 115 Å². The summed E-state index contributed by atoms with van der Waals surface area (Å²) in [6.45, 7) is 25.0. The highest BCUT2D eigenvalue weighted by atomic mass is 32.2. The molecule has 4 aromatic carbocycles. The van der Waals surface area contributed by atoms with E-state index in [4.69, 9.17) is 53.8 Å². The van der Waals surface area contributed by atoms with Gasteiger partial charge in [0.1, 0.15) is 79.1 Å². The van der Waals surface area contributed by atoms with Crippen molar-refractivity contribution in [3.8, 4) is 45.8 Å². The van der Waals surface area contributed by atoms with Crippen molar-refractivity contribution >= 4 is 128 Å². The number of rotatable bonds is 44. The molecule has 6 heterocycles. The summed E-state index contributed by atoms with van der Waals surface area (Å²) < 4.78 is 89.6. The fourth-order valence-corrected chi connectivity index (χ4v) is 19.2. The van der Waals surface area contributed by atoms with E-state index in [1.807, 2.05) is 82.9 Å². The van der Waals surface area contributed by atoms with Crippen molar-refractivity contribution in [2.45, 2.75) is 188 Å². The molecule has 2 saturated heterocycles. The molecule has 34 nitrogen and oxygen atoms in total. The number of sulfonamides is 2. The third-order valence-electron chi connectivity index (χ3n) is 21.8. The van der Waals surface area contributed by atoms with Gasteiger partial charge < -0.3 is 80.9 Å². The standard InChI is InChI=1S/C47H62N8O10S2.C42H54N8O8S2/c1-9-30-26-47(30,43(59)53-67(61,62)40-16-11-10-15-34(40)48-20-12-13-21-54(7)22-14-17-41(56)57)52-42(58)38-24-32(27-55(38)45(60)65-46(4,5)6)64-39-25-36(37-28-66-44(51-37)49-29(2)3)50-35-23-31(63-8)18-19-33(35)39;1-6-27-23-42(27,40(54)49-60(55,56)37-13-8-7-12-31(37)43-17-9-10-18-50(4)19-11-14-38(51)52)48-39(53)34-21-29(24-44-34)58-36-22-33(35-25-59-41(47-35)45-26(2)3)46-32-20-28(57-5)15-16-30(32)36/h9-11,15-16,18-19,23,25,28-30,32,38,48H,1,12-14,17,20-22,24,26-27H2,2-8H3,(H,49,51)(H,52,58)(H,53,59)(H,56,57);6-8,12-13,15-16,20,22,25-27,29,34,43-44H,1,9-11,14,17-19,21,23-24H2,2-5H3,(H,45,47)(H,48,53)(H,49,54)(H,51,52)/t30-,32-,38+,47-;27-,29-,34+,42-/m11/s1. The molecule has 4 aromatic heterocycles. The molecule has 684 valence electrons. The average Bonchev–Trinajstić information content (AvgIpc) is 1.64. The van der Waals surface area contributed by atoms with Crippen LogP contribution in [0, 0.1) is 11.8 Å². The van der Waals surface area contributed by atoms with Crippen molar-refractivity contribution < 1.29 is 84.3 Å². The van der Waals surface area contributed by atoms with Gasteiger partial charge in [-0.2, -0.15) is 0 Å². The maximum atomic E-state index is 14.5. The predicted molar refractivity (Wildman–Crippen MR) is 489 cm³/mol. The van der Waals surface area contributed by atoms with Crippen LogP contribution in [0.4, 0.5) is 26.4 Å². The van der Waals surface area contributed by atoms with Crippen molar-refractivity contribution in [2.75, 3.05) is 102 Å². The number of carbonyl (C=O) groups excluding carboxylic acids is 5. The fourth-order valence-electron chi connectivity index (χ4n) is 15.1. The third kappa shape index (κ3) is 25.6. The molecule has 12 rings (SSSR count). The van der Waals surface area contributed by atoms with Gasteiger partial charge >= 0.3 is 18.0 Å². The molecular weight excluding hydrogens is 1710 g/mol. The van der Waals surface area contributed by atoms with Gasteiger partial charge in [0.2, 0.25) is 11.8 Å². The number of hydrogen-bond donors (Lipinski definition) is 11. The zero-order valence-electron chi connectivity index (χ0n) is 73.4. The molecular formula is C89H116N16O18S4. The zero-order chi connectivity index (χ0) is 91.7. The highest BCUT2D eigenvalue weighted by Gasteiger charge is 2.63. The van der Waals surface area contributed by atoms with Crippen LogP contribution in [0.5, 0.6) is 23.0 Å². The second kappa shape index (κ2) is 42.5. The summed E-state index contributed by atoms with van der Waals surface area (Å²) in [5.74, 6) is -3.42. The monoisotopic (exact) mass is 1820 g/mol. The molecule has 5 amide bonds. The Morgan fingerprint density at radius 1 is 0.591 bits per heavy atom. The maximum Gasteiger partial charge on any atom is 0.411 e. The number of carboxylic acid groups (broad SMARTS) is 2. The summed E-state index contributed by atoms with van der Waals surface area (Å²) in [7, 11) is -1.80. The number of fused-ring (bicyclic) bond motifs is 2. The summed E-state index contributed by atoms with van der Waals surface area (Å²) in [5, 5.41) is 46.4. The molecule has 4 aliphatic rings. The molecule has 38 heteroatoms. The minimum atomic E-state index is -4.46. The summed E-state index contributed by atoms with van der Waals surface area (Å²) in [6, 6.07) is 25.6. The van der Waals surface area contributed by atoms with Gasteiger partial charge in [-0.15, -0.1) is 35.8 Å². The van der Waals surface area contributed by atoms with Gasteiger partial charge in [-0.25, -0.2) is 51.0 Å². The van der Waals surface area contributed by atoms with Crippen LogP contribution in [0.25, 0.3) is 44.6 Å².